The standard InChI is InChI=1S/C11H23NO2S/c1-9(15(2)14)7-8-12-10-3-5-11(13)6-4-10/h9-13H,3-8H2,1-2H3. The maximum Gasteiger partial charge on any atom is 0.0541 e. The van der Waals surface area contributed by atoms with Crippen molar-refractivity contribution < 1.29 is 9.32 Å². The zero-order valence-electron chi connectivity index (χ0n) is 9.74. The highest BCUT2D eigenvalue weighted by Crippen LogP contribution is 2.18. The molecule has 1 aliphatic rings. The first kappa shape index (κ1) is 13.1. The van der Waals surface area contributed by atoms with Crippen molar-refractivity contribution in [2.45, 2.75) is 56.4 Å². The molecule has 0 aliphatic heterocycles. The molecule has 2 N–H and O–H groups in total. The topological polar surface area (TPSA) is 49.3 Å². The van der Waals surface area contributed by atoms with Crippen LogP contribution in [0, 0.1) is 0 Å². The molecule has 15 heavy (non-hydrogen) atoms. The quantitative estimate of drug-likeness (QED) is 0.746. The predicted molar refractivity (Wildman–Crippen MR) is 64.4 cm³/mol. The summed E-state index contributed by atoms with van der Waals surface area (Å²) in [6.07, 6.45) is 6.66. The Bertz CT molecular complexity index is 203. The van der Waals surface area contributed by atoms with Crippen molar-refractivity contribution in [1.29, 1.82) is 0 Å². The zero-order chi connectivity index (χ0) is 11.3. The lowest BCUT2D eigenvalue weighted by Crippen LogP contribution is -2.36. The normalized spacial score (nSPS) is 31.1. The minimum Gasteiger partial charge on any atom is -0.393 e. The fraction of sp³-hybridized carbons (Fsp3) is 1.00. The maximum atomic E-state index is 11.1. The largest absolute Gasteiger partial charge is 0.393 e. The second kappa shape index (κ2) is 6.61. The van der Waals surface area contributed by atoms with Crippen LogP contribution in [-0.2, 0) is 10.8 Å². The third-order valence-electron chi connectivity index (χ3n) is 3.25. The maximum absolute atomic E-state index is 11.1. The van der Waals surface area contributed by atoms with Gasteiger partial charge in [0.15, 0.2) is 0 Å². The smallest absolute Gasteiger partial charge is 0.0541 e. The molecule has 0 spiro atoms. The van der Waals surface area contributed by atoms with E-state index in [1.54, 1.807) is 6.26 Å². The van der Waals surface area contributed by atoms with Gasteiger partial charge >= 0.3 is 0 Å². The Morgan fingerprint density at radius 2 is 2.00 bits per heavy atom. The molecule has 0 bridgehead atoms. The van der Waals surface area contributed by atoms with Crippen molar-refractivity contribution in [1.82, 2.24) is 5.32 Å². The number of aliphatic hydroxyl groups excluding tert-OH is 1. The summed E-state index contributed by atoms with van der Waals surface area (Å²) in [7, 11) is -0.702. The van der Waals surface area contributed by atoms with Crippen molar-refractivity contribution in [2.75, 3.05) is 12.8 Å². The number of hydrogen-bond acceptors (Lipinski definition) is 3. The van der Waals surface area contributed by atoms with Crippen LogP contribution in [0.15, 0.2) is 0 Å². The van der Waals surface area contributed by atoms with Crippen LogP contribution in [0.25, 0.3) is 0 Å². The van der Waals surface area contributed by atoms with E-state index >= 15 is 0 Å². The van der Waals surface area contributed by atoms with Gasteiger partial charge in [-0.1, -0.05) is 6.92 Å². The van der Waals surface area contributed by atoms with Gasteiger partial charge in [-0.05, 0) is 38.6 Å². The molecule has 0 aromatic rings. The highest BCUT2D eigenvalue weighted by atomic mass is 32.2. The van der Waals surface area contributed by atoms with Crippen molar-refractivity contribution in [3.05, 3.63) is 0 Å². The molecule has 0 radical (unpaired) electrons. The van der Waals surface area contributed by atoms with E-state index in [0.717, 1.165) is 38.6 Å². The van der Waals surface area contributed by atoms with Gasteiger partial charge in [0.05, 0.1) is 6.10 Å². The summed E-state index contributed by atoms with van der Waals surface area (Å²) in [5.74, 6) is 0. The first-order valence-corrected chi connectivity index (χ1v) is 7.45. The number of nitrogens with one attached hydrogen (secondary N) is 1. The summed E-state index contributed by atoms with van der Waals surface area (Å²) in [5.41, 5.74) is 0. The Kier molecular flexibility index (Phi) is 5.79. The van der Waals surface area contributed by atoms with E-state index < -0.39 is 10.8 Å². The molecular weight excluding hydrogens is 210 g/mol. The molecule has 1 fully saturated rings. The average molecular weight is 233 g/mol. The Morgan fingerprint density at radius 3 is 2.53 bits per heavy atom. The molecule has 1 rings (SSSR count). The van der Waals surface area contributed by atoms with Crippen molar-refractivity contribution >= 4 is 10.8 Å². The van der Waals surface area contributed by atoms with Gasteiger partial charge in [0, 0.05) is 28.3 Å². The predicted octanol–water partition coefficient (Wildman–Crippen LogP) is 1.04. The second-order valence-electron chi connectivity index (χ2n) is 4.56. The Balaban J connectivity index is 2.07. The van der Waals surface area contributed by atoms with Gasteiger partial charge in [0.2, 0.25) is 0 Å². The van der Waals surface area contributed by atoms with E-state index in [4.69, 9.17) is 0 Å². The Labute approximate surface area is 95.1 Å². The average Bonchev–Trinajstić information content (AvgIpc) is 2.20. The third-order valence-corrected chi connectivity index (χ3v) is 4.62. The summed E-state index contributed by atoms with van der Waals surface area (Å²) >= 11 is 0. The SMILES string of the molecule is CC(CCNC1CCC(O)CC1)S(C)=O. The highest BCUT2D eigenvalue weighted by Gasteiger charge is 2.18. The van der Waals surface area contributed by atoms with Gasteiger partial charge in [-0.25, -0.2) is 0 Å². The van der Waals surface area contributed by atoms with Crippen LogP contribution in [-0.4, -0.2) is 39.5 Å². The van der Waals surface area contributed by atoms with Crippen LogP contribution < -0.4 is 5.32 Å². The summed E-state index contributed by atoms with van der Waals surface area (Å²) < 4.78 is 11.1. The molecule has 0 saturated heterocycles. The lowest BCUT2D eigenvalue weighted by molar-refractivity contribution is 0.117. The van der Waals surface area contributed by atoms with E-state index in [-0.39, 0.29) is 11.4 Å². The Hall–Kier alpha value is 0.0700. The molecule has 90 valence electrons. The van der Waals surface area contributed by atoms with E-state index in [1.165, 1.54) is 0 Å². The molecule has 4 heteroatoms. The number of aliphatic hydroxyl groups is 1. The lowest BCUT2D eigenvalue weighted by Gasteiger charge is -2.26. The van der Waals surface area contributed by atoms with Gasteiger partial charge in [-0.2, -0.15) is 0 Å². The molecule has 1 aliphatic carbocycles. The van der Waals surface area contributed by atoms with E-state index in [0.29, 0.717) is 6.04 Å². The molecule has 0 aromatic heterocycles. The molecular formula is C11H23NO2S. The summed E-state index contributed by atoms with van der Waals surface area (Å²) in [5, 5.41) is 13.1. The molecule has 3 nitrogen and oxygen atoms in total. The first-order valence-electron chi connectivity index (χ1n) is 5.83. The monoisotopic (exact) mass is 233 g/mol. The van der Waals surface area contributed by atoms with Crippen LogP contribution in [0.2, 0.25) is 0 Å². The lowest BCUT2D eigenvalue weighted by atomic mass is 9.93. The molecule has 2 atom stereocenters. The van der Waals surface area contributed by atoms with Crippen molar-refractivity contribution in [2.24, 2.45) is 0 Å². The fourth-order valence-corrected chi connectivity index (χ4v) is 2.39. The first-order chi connectivity index (χ1) is 7.09. The van der Waals surface area contributed by atoms with Gasteiger partial charge < -0.3 is 10.4 Å². The molecule has 2 unspecified atom stereocenters. The minimum atomic E-state index is -0.702. The van der Waals surface area contributed by atoms with E-state index in [9.17, 15) is 9.32 Å². The van der Waals surface area contributed by atoms with Gasteiger partial charge in [-0.15, -0.1) is 0 Å². The summed E-state index contributed by atoms with van der Waals surface area (Å²) in [4.78, 5) is 0. The van der Waals surface area contributed by atoms with E-state index in [1.807, 2.05) is 6.92 Å². The summed E-state index contributed by atoms with van der Waals surface area (Å²) in [6, 6.07) is 0.561. The number of hydrogen-bond donors (Lipinski definition) is 2. The van der Waals surface area contributed by atoms with Gasteiger partial charge in [0.25, 0.3) is 0 Å². The Morgan fingerprint density at radius 1 is 1.40 bits per heavy atom. The molecule has 0 amide bonds. The van der Waals surface area contributed by atoms with Gasteiger partial charge in [-0.3, -0.25) is 4.21 Å². The van der Waals surface area contributed by atoms with E-state index in [2.05, 4.69) is 5.32 Å². The molecule has 1 saturated carbocycles. The van der Waals surface area contributed by atoms with Crippen LogP contribution >= 0.6 is 0 Å². The van der Waals surface area contributed by atoms with Crippen molar-refractivity contribution in [3.8, 4) is 0 Å². The zero-order valence-corrected chi connectivity index (χ0v) is 10.6. The third kappa shape index (κ3) is 5.09. The fourth-order valence-electron chi connectivity index (χ4n) is 1.94. The molecule has 0 aromatic carbocycles. The van der Waals surface area contributed by atoms with Crippen LogP contribution in [0.1, 0.15) is 39.0 Å². The highest BCUT2D eigenvalue weighted by molar-refractivity contribution is 7.84. The van der Waals surface area contributed by atoms with Crippen LogP contribution in [0.4, 0.5) is 0 Å². The van der Waals surface area contributed by atoms with Crippen LogP contribution in [0.3, 0.4) is 0 Å². The second-order valence-corrected chi connectivity index (χ2v) is 6.36. The van der Waals surface area contributed by atoms with Crippen molar-refractivity contribution in [3.63, 3.8) is 0 Å². The molecule has 0 heterocycles. The number of rotatable bonds is 5. The van der Waals surface area contributed by atoms with Crippen LogP contribution in [0.5, 0.6) is 0 Å². The summed E-state index contributed by atoms with van der Waals surface area (Å²) in [6.45, 7) is 2.98. The van der Waals surface area contributed by atoms with Gasteiger partial charge in [0.1, 0.15) is 0 Å². The minimum absolute atomic E-state index is 0.0786.